The lowest BCUT2D eigenvalue weighted by Gasteiger charge is -2.34. The van der Waals surface area contributed by atoms with Crippen LogP contribution in [0.1, 0.15) is 12.8 Å². The first-order valence-electron chi connectivity index (χ1n) is 8.90. The molecule has 0 bridgehead atoms. The molecule has 1 amide bonds. The summed E-state index contributed by atoms with van der Waals surface area (Å²) in [7, 11) is 1.80. The lowest BCUT2D eigenvalue weighted by Crippen LogP contribution is -2.50. The summed E-state index contributed by atoms with van der Waals surface area (Å²) >= 11 is 5.97. The molecule has 0 saturated carbocycles. The summed E-state index contributed by atoms with van der Waals surface area (Å²) in [6, 6.07) is 7.45. The molecule has 9 heteroatoms. The van der Waals surface area contributed by atoms with E-state index in [1.807, 2.05) is 17.0 Å². The highest BCUT2D eigenvalue weighted by molar-refractivity contribution is 6.30. The number of amidine groups is 1. The summed E-state index contributed by atoms with van der Waals surface area (Å²) in [6.45, 7) is 1.60. The summed E-state index contributed by atoms with van der Waals surface area (Å²) in [4.78, 5) is 14.4. The quantitative estimate of drug-likeness (QED) is 0.505. The number of halogens is 1. The highest BCUT2D eigenvalue weighted by atomic mass is 35.5. The number of nitrogens with one attached hydrogen (secondary N) is 5. The molecule has 5 N–H and O–H groups in total. The summed E-state index contributed by atoms with van der Waals surface area (Å²) in [5, 5.41) is 22.0. The van der Waals surface area contributed by atoms with Gasteiger partial charge in [0.1, 0.15) is 5.82 Å². The minimum absolute atomic E-state index is 0.0528. The van der Waals surface area contributed by atoms with E-state index in [0.29, 0.717) is 17.1 Å². The summed E-state index contributed by atoms with van der Waals surface area (Å²) < 4.78 is 0. The van der Waals surface area contributed by atoms with Crippen molar-refractivity contribution < 1.29 is 4.79 Å². The molecule has 1 saturated heterocycles. The maximum Gasteiger partial charge on any atom is 0.241 e. The molecule has 8 nitrogen and oxygen atoms in total. The smallest absolute Gasteiger partial charge is 0.241 e. The van der Waals surface area contributed by atoms with Gasteiger partial charge in [0.2, 0.25) is 5.91 Å². The third-order valence-corrected chi connectivity index (χ3v) is 4.78. The van der Waals surface area contributed by atoms with Gasteiger partial charge in [-0.1, -0.05) is 17.7 Å². The Morgan fingerprint density at radius 1 is 1.48 bits per heavy atom. The molecule has 3 rings (SSSR count). The van der Waals surface area contributed by atoms with E-state index < -0.39 is 0 Å². The van der Waals surface area contributed by atoms with E-state index in [9.17, 15) is 4.79 Å². The molecule has 0 aliphatic carbocycles. The molecular formula is C18H24ClN7O. The molecule has 0 aromatic heterocycles. The molecule has 2 aliphatic heterocycles. The van der Waals surface area contributed by atoms with E-state index in [-0.39, 0.29) is 24.3 Å². The van der Waals surface area contributed by atoms with Crippen LogP contribution in [0.15, 0.2) is 40.8 Å². The SMILES string of the molecule is CN/C(N[C@H]1CCCN(C(=O)CNc2cccc(Cl)c2)C1)=C1/C=NNC1=N. The average molecular weight is 390 g/mol. The van der Waals surface area contributed by atoms with Gasteiger partial charge in [-0.25, -0.2) is 0 Å². The van der Waals surface area contributed by atoms with E-state index in [4.69, 9.17) is 17.0 Å². The highest BCUT2D eigenvalue weighted by Crippen LogP contribution is 2.16. The largest absolute Gasteiger partial charge is 0.376 e. The van der Waals surface area contributed by atoms with Crippen LogP contribution in [0.25, 0.3) is 0 Å². The van der Waals surface area contributed by atoms with Crippen LogP contribution in [-0.2, 0) is 4.79 Å². The lowest BCUT2D eigenvalue weighted by atomic mass is 10.1. The van der Waals surface area contributed by atoms with Crippen molar-refractivity contribution in [3.05, 3.63) is 40.7 Å². The van der Waals surface area contributed by atoms with Gasteiger partial charge < -0.3 is 20.9 Å². The average Bonchev–Trinajstić information content (AvgIpc) is 3.10. The lowest BCUT2D eigenvalue weighted by molar-refractivity contribution is -0.130. The summed E-state index contributed by atoms with van der Waals surface area (Å²) in [5.74, 6) is 1.04. The van der Waals surface area contributed by atoms with Gasteiger partial charge >= 0.3 is 0 Å². The monoisotopic (exact) mass is 389 g/mol. The van der Waals surface area contributed by atoms with Crippen LogP contribution in [0.3, 0.4) is 0 Å². The van der Waals surface area contributed by atoms with Crippen molar-refractivity contribution in [3.8, 4) is 0 Å². The second-order valence-electron chi connectivity index (χ2n) is 6.47. The minimum atomic E-state index is 0.0528. The fourth-order valence-corrected chi connectivity index (χ4v) is 3.36. The Hall–Kier alpha value is -2.74. The first-order valence-corrected chi connectivity index (χ1v) is 9.28. The number of carbonyl (C=O) groups is 1. The Labute approximate surface area is 163 Å². The Bertz CT molecular complexity index is 777. The Morgan fingerprint density at radius 3 is 3.04 bits per heavy atom. The second kappa shape index (κ2) is 8.77. The number of amides is 1. The van der Waals surface area contributed by atoms with Crippen LogP contribution < -0.4 is 21.4 Å². The number of likely N-dealkylation sites (tertiary alicyclic amines) is 1. The van der Waals surface area contributed by atoms with Gasteiger partial charge in [0.15, 0.2) is 5.84 Å². The van der Waals surface area contributed by atoms with Crippen molar-refractivity contribution in [1.29, 1.82) is 5.41 Å². The van der Waals surface area contributed by atoms with Crippen LogP contribution in [0.2, 0.25) is 5.02 Å². The molecule has 0 radical (unpaired) electrons. The van der Waals surface area contributed by atoms with Crippen LogP contribution in [-0.4, -0.2) is 55.6 Å². The van der Waals surface area contributed by atoms with E-state index in [1.165, 1.54) is 0 Å². The van der Waals surface area contributed by atoms with E-state index in [2.05, 4.69) is 26.5 Å². The molecule has 0 unspecified atom stereocenters. The van der Waals surface area contributed by atoms with Crippen LogP contribution in [0.4, 0.5) is 5.69 Å². The van der Waals surface area contributed by atoms with Gasteiger partial charge in [-0.3, -0.25) is 15.6 Å². The summed E-state index contributed by atoms with van der Waals surface area (Å²) in [6.07, 6.45) is 3.50. The maximum atomic E-state index is 12.6. The zero-order chi connectivity index (χ0) is 19.2. The molecule has 2 heterocycles. The second-order valence-corrected chi connectivity index (χ2v) is 6.91. The number of rotatable bonds is 6. The zero-order valence-electron chi connectivity index (χ0n) is 15.2. The number of hydrazone groups is 1. The standard InChI is InChI=1S/C18H24ClN7O/c1-21-18(15-9-23-25-17(15)20)24-14-6-3-7-26(11-14)16(27)10-22-13-5-2-4-12(19)8-13/h2,4-5,8-9,14,21-22,24H,3,6-7,10-11H2,1H3,(H2,20,25)/b18-15+/t14-/m0/s1. The number of carbonyl (C=O) groups excluding carboxylic acids is 1. The molecule has 1 aromatic rings. The van der Waals surface area contributed by atoms with Gasteiger partial charge in [-0.15, -0.1) is 0 Å². The van der Waals surface area contributed by atoms with Gasteiger partial charge in [-0.2, -0.15) is 5.10 Å². The van der Waals surface area contributed by atoms with Crippen LogP contribution in [0.5, 0.6) is 0 Å². The number of hydrogen-bond donors (Lipinski definition) is 5. The summed E-state index contributed by atoms with van der Waals surface area (Å²) in [5.41, 5.74) is 4.13. The van der Waals surface area contributed by atoms with Crippen molar-refractivity contribution in [2.45, 2.75) is 18.9 Å². The molecule has 144 valence electrons. The van der Waals surface area contributed by atoms with Crippen molar-refractivity contribution in [2.75, 3.05) is 32.0 Å². The van der Waals surface area contributed by atoms with Gasteiger partial charge in [0.05, 0.1) is 18.3 Å². The third-order valence-electron chi connectivity index (χ3n) is 4.55. The van der Waals surface area contributed by atoms with E-state index in [1.54, 1.807) is 25.4 Å². The first-order chi connectivity index (χ1) is 13.1. The minimum Gasteiger partial charge on any atom is -0.376 e. The molecule has 2 aliphatic rings. The molecule has 27 heavy (non-hydrogen) atoms. The fraction of sp³-hybridized carbons (Fsp3) is 0.389. The molecular weight excluding hydrogens is 366 g/mol. The molecule has 1 atom stereocenters. The number of hydrogen-bond acceptors (Lipinski definition) is 6. The van der Waals surface area contributed by atoms with Crippen LogP contribution in [0, 0.1) is 5.41 Å². The number of nitrogens with zero attached hydrogens (tertiary/aromatic N) is 2. The van der Waals surface area contributed by atoms with Gasteiger partial charge in [0.25, 0.3) is 0 Å². The van der Waals surface area contributed by atoms with Crippen molar-refractivity contribution in [1.82, 2.24) is 21.0 Å². The van der Waals surface area contributed by atoms with Gasteiger partial charge in [-0.05, 0) is 31.0 Å². The number of piperidine rings is 1. The zero-order valence-corrected chi connectivity index (χ0v) is 15.9. The van der Waals surface area contributed by atoms with Crippen molar-refractivity contribution >= 4 is 35.2 Å². The molecule has 0 spiro atoms. The van der Waals surface area contributed by atoms with Gasteiger partial charge in [0, 0.05) is 36.9 Å². The molecule has 1 aromatic carbocycles. The third kappa shape index (κ3) is 4.91. The van der Waals surface area contributed by atoms with Crippen molar-refractivity contribution in [2.24, 2.45) is 5.10 Å². The Kier molecular flexibility index (Phi) is 6.18. The number of anilines is 1. The highest BCUT2D eigenvalue weighted by Gasteiger charge is 2.25. The van der Waals surface area contributed by atoms with Crippen LogP contribution >= 0.6 is 11.6 Å². The topological polar surface area (TPSA) is 105 Å². The first kappa shape index (κ1) is 19.0. The van der Waals surface area contributed by atoms with Crippen molar-refractivity contribution in [3.63, 3.8) is 0 Å². The normalized spacial score (nSPS) is 20.9. The van der Waals surface area contributed by atoms with E-state index >= 15 is 0 Å². The fourth-order valence-electron chi connectivity index (χ4n) is 3.17. The maximum absolute atomic E-state index is 12.6. The predicted molar refractivity (Wildman–Crippen MR) is 108 cm³/mol. The predicted octanol–water partition coefficient (Wildman–Crippen LogP) is 1.33. The molecule has 1 fully saturated rings. The van der Waals surface area contributed by atoms with E-state index in [0.717, 1.165) is 30.9 Å². The Balaban J connectivity index is 1.56. The Morgan fingerprint density at radius 2 is 2.33 bits per heavy atom. The number of benzene rings is 1.